The van der Waals surface area contributed by atoms with E-state index in [-0.39, 0.29) is 112 Å². The summed E-state index contributed by atoms with van der Waals surface area (Å²) in [5, 5.41) is 14.9. The summed E-state index contributed by atoms with van der Waals surface area (Å²) in [7, 11) is -4.01. The first-order chi connectivity index (χ1) is 19.8. The maximum absolute atomic E-state index is 13.4. The normalized spacial score (nSPS) is 14.9. The molecule has 1 N–H and O–H groups in total. The molecule has 0 aliphatic heterocycles. The van der Waals surface area contributed by atoms with Crippen LogP contribution in [0.3, 0.4) is 0 Å². The minimum atomic E-state index is -4.01. The van der Waals surface area contributed by atoms with Gasteiger partial charge in [-0.3, -0.25) is 0 Å². The second kappa shape index (κ2) is 14.9. The molecule has 0 radical (unpaired) electrons. The fourth-order valence-electron chi connectivity index (χ4n) is 5.48. The largest absolute Gasteiger partial charge is 1.00 e. The summed E-state index contributed by atoms with van der Waals surface area (Å²) in [5.41, 5.74) is 5.48. The molecule has 0 unspecified atom stereocenters. The molecule has 216 valence electrons. The minimum Gasteiger partial charge on any atom is -0.548 e. The molecule has 0 aromatic heterocycles. The molecular weight excluding hydrogens is 673 g/mol. The van der Waals surface area contributed by atoms with Crippen molar-refractivity contribution in [3.05, 3.63) is 89.5 Å². The van der Waals surface area contributed by atoms with Gasteiger partial charge in [0.1, 0.15) is 6.61 Å². The van der Waals surface area contributed by atoms with E-state index in [2.05, 4.69) is 29.6 Å². The van der Waals surface area contributed by atoms with Gasteiger partial charge >= 0.3 is 75.0 Å². The van der Waals surface area contributed by atoms with Crippen LogP contribution in [0.5, 0.6) is 0 Å². The Labute approximate surface area is 306 Å². The number of ether oxygens (including phenoxy) is 1. The molecule has 1 saturated carbocycles. The second-order valence-electron chi connectivity index (χ2n) is 10.9. The van der Waals surface area contributed by atoms with Gasteiger partial charge in [-0.05, 0) is 79.3 Å². The van der Waals surface area contributed by atoms with E-state index in [1.165, 1.54) is 12.1 Å². The monoisotopic (exact) mass is 708 g/mol. The first-order valence-electron chi connectivity index (χ1n) is 14.1. The van der Waals surface area contributed by atoms with E-state index >= 15 is 0 Å². The Balaban J connectivity index is 0.00000405. The number of hydrogen-bond donors (Lipinski definition) is 1. The van der Waals surface area contributed by atoms with Crippen molar-refractivity contribution >= 4 is 22.1 Å². The Hall–Kier alpha value is -1.64. The molecule has 10 heteroatoms. The van der Waals surface area contributed by atoms with Crippen LogP contribution in [-0.4, -0.2) is 50.5 Å². The van der Waals surface area contributed by atoms with Gasteiger partial charge in [0.2, 0.25) is 10.0 Å². The van der Waals surface area contributed by atoms with Gasteiger partial charge in [0, 0.05) is 19.0 Å². The van der Waals surface area contributed by atoms with Crippen molar-refractivity contribution in [1.29, 1.82) is 0 Å². The Morgan fingerprint density at radius 1 is 0.952 bits per heavy atom. The van der Waals surface area contributed by atoms with Gasteiger partial charge in [0.05, 0.1) is 16.9 Å². The molecule has 1 fully saturated rings. The average Bonchev–Trinajstić information content (AvgIpc) is 3.73. The fraction of sp³-hybridized carbons (Fsp3) is 0.375. The molecule has 2 aliphatic carbocycles. The number of amides is 1. The molecule has 0 heterocycles. The maximum Gasteiger partial charge on any atom is 1.00 e. The third kappa shape index (κ3) is 7.89. The second-order valence-corrected chi connectivity index (χ2v) is 12.8. The molecule has 5 rings (SSSR count). The first kappa shape index (κ1) is 33.3. The van der Waals surface area contributed by atoms with Crippen molar-refractivity contribution in [3.8, 4) is 11.1 Å². The number of nitrogens with one attached hydrogen (secondary N) is 1. The molecule has 0 spiro atoms. The smallest absolute Gasteiger partial charge is 0.548 e. The molecule has 8 nitrogen and oxygen atoms in total. The van der Waals surface area contributed by atoms with Crippen LogP contribution in [0.1, 0.15) is 54.7 Å². The fourth-order valence-corrected chi connectivity index (χ4v) is 7.16. The Morgan fingerprint density at radius 3 is 2.12 bits per heavy atom. The number of unbranched alkanes of at least 4 members (excludes halogenated alkanes) is 1. The average molecular weight is 709 g/mol. The van der Waals surface area contributed by atoms with E-state index in [1.807, 2.05) is 31.2 Å². The van der Waals surface area contributed by atoms with Gasteiger partial charge in [0.15, 0.2) is 0 Å². The van der Waals surface area contributed by atoms with Gasteiger partial charge in [-0.15, -0.1) is 0 Å². The number of nitrogens with zero attached hydrogens (tertiary/aromatic N) is 1. The molecular formula is C32H35CsN2O6S. The summed E-state index contributed by atoms with van der Waals surface area (Å²) < 4.78 is 33.5. The van der Waals surface area contributed by atoms with Crippen LogP contribution in [0.2, 0.25) is 0 Å². The Kier molecular flexibility index (Phi) is 11.8. The molecule has 42 heavy (non-hydrogen) atoms. The van der Waals surface area contributed by atoms with E-state index < -0.39 is 28.1 Å². The van der Waals surface area contributed by atoms with Crippen LogP contribution in [0, 0.1) is 12.8 Å². The summed E-state index contributed by atoms with van der Waals surface area (Å²) in [5.74, 6) is -1.29. The number of fused-ring (bicyclic) bond motifs is 3. The van der Waals surface area contributed by atoms with Crippen LogP contribution in [-0.2, 0) is 19.6 Å². The van der Waals surface area contributed by atoms with Gasteiger partial charge in [-0.1, -0.05) is 66.2 Å². The van der Waals surface area contributed by atoms with E-state index in [0.717, 1.165) is 45.0 Å². The number of carbonyl (C=O) groups is 2. The standard InChI is InChI=1S/C32H36N2O6S.Cs/c1-22-13-17-24(18-14-22)41(38,39)34(20-23-15-16-23)30(31(35)36)12-6-7-19-33-32(37)40-21-29-27-10-4-2-8-25(27)26-9-3-5-11-28(26)29;/h2-5,8-11,13-14,17-18,23,29-30H,6-7,12,15-16,19-21H2,1H3,(H,33,37)(H,35,36);/q;+1/p-1/t30-;/m0./s1. The van der Waals surface area contributed by atoms with Crippen LogP contribution in [0.4, 0.5) is 4.79 Å². The van der Waals surface area contributed by atoms with Crippen molar-refractivity contribution in [2.24, 2.45) is 5.92 Å². The van der Waals surface area contributed by atoms with E-state index in [0.29, 0.717) is 12.8 Å². The molecule has 0 bridgehead atoms. The number of carboxylic acid groups (broad SMARTS) is 1. The minimum absolute atomic E-state index is 0. The zero-order valence-electron chi connectivity index (χ0n) is 24.1. The topological polar surface area (TPSA) is 116 Å². The van der Waals surface area contributed by atoms with Gasteiger partial charge in [-0.2, -0.15) is 4.31 Å². The number of sulfonamides is 1. The number of benzene rings is 3. The molecule has 3 aromatic rings. The Morgan fingerprint density at radius 2 is 1.55 bits per heavy atom. The quantitative estimate of drug-likeness (QED) is 0.268. The zero-order chi connectivity index (χ0) is 29.0. The number of aliphatic carboxylic acids is 1. The zero-order valence-corrected chi connectivity index (χ0v) is 31.2. The van der Waals surface area contributed by atoms with Crippen LogP contribution in [0.15, 0.2) is 77.7 Å². The summed E-state index contributed by atoms with van der Waals surface area (Å²) in [6.07, 6.45) is 2.17. The summed E-state index contributed by atoms with van der Waals surface area (Å²) in [6.45, 7) is 2.51. The van der Waals surface area contributed by atoms with E-state index in [1.54, 1.807) is 12.1 Å². The van der Waals surface area contributed by atoms with Gasteiger partial charge < -0.3 is 20.0 Å². The van der Waals surface area contributed by atoms with Crippen LogP contribution in [0.25, 0.3) is 11.1 Å². The molecule has 2 aliphatic rings. The third-order valence-electron chi connectivity index (χ3n) is 7.90. The van der Waals surface area contributed by atoms with E-state index in [4.69, 9.17) is 4.74 Å². The molecule has 1 amide bonds. The van der Waals surface area contributed by atoms with Crippen LogP contribution < -0.4 is 79.3 Å². The number of hydrogen-bond acceptors (Lipinski definition) is 6. The SMILES string of the molecule is Cc1ccc(S(=O)(=O)N(CC2CC2)[C@@H](CCCCNC(=O)OCC2c3ccccc3-c3ccccc32)C(=O)[O-])cc1.[Cs+]. The van der Waals surface area contributed by atoms with E-state index in [9.17, 15) is 23.1 Å². The number of alkyl carbamates (subject to hydrolysis) is 1. The molecule has 3 aromatic carbocycles. The van der Waals surface area contributed by atoms with Crippen molar-refractivity contribution in [2.45, 2.75) is 55.9 Å². The summed E-state index contributed by atoms with van der Waals surface area (Å²) in [6, 6.07) is 21.4. The van der Waals surface area contributed by atoms with Crippen molar-refractivity contribution in [1.82, 2.24) is 9.62 Å². The van der Waals surface area contributed by atoms with Crippen molar-refractivity contribution in [3.63, 3.8) is 0 Å². The maximum atomic E-state index is 13.4. The molecule has 1 atom stereocenters. The Bertz CT molecular complexity index is 1460. The number of carbonyl (C=O) groups excluding carboxylic acids is 2. The molecule has 0 saturated heterocycles. The van der Waals surface area contributed by atoms with Crippen molar-refractivity contribution in [2.75, 3.05) is 19.7 Å². The van der Waals surface area contributed by atoms with Crippen molar-refractivity contribution < 1.29 is 96.7 Å². The predicted octanol–water partition coefficient (Wildman–Crippen LogP) is 1.23. The van der Waals surface area contributed by atoms with Gasteiger partial charge in [-0.25, -0.2) is 13.2 Å². The third-order valence-corrected chi connectivity index (χ3v) is 9.79. The summed E-state index contributed by atoms with van der Waals surface area (Å²) >= 11 is 0. The number of rotatable bonds is 13. The number of aryl methyl sites for hydroxylation is 1. The predicted molar refractivity (Wildman–Crippen MR) is 154 cm³/mol. The summed E-state index contributed by atoms with van der Waals surface area (Å²) in [4.78, 5) is 24.7. The van der Waals surface area contributed by atoms with Gasteiger partial charge in [0.25, 0.3) is 0 Å². The van der Waals surface area contributed by atoms with Crippen LogP contribution >= 0.6 is 0 Å². The first-order valence-corrected chi connectivity index (χ1v) is 15.6. The number of carboxylic acids is 1.